The number of hydrogen-bond acceptors (Lipinski definition) is 3. The molecule has 0 radical (unpaired) electrons. The minimum Gasteiger partial charge on any atom is -0.370 e. The molecule has 0 aromatic heterocycles. The molecule has 1 aliphatic heterocycles. The van der Waals surface area contributed by atoms with Crippen molar-refractivity contribution in [2.75, 3.05) is 39.8 Å². The van der Waals surface area contributed by atoms with Gasteiger partial charge >= 0.3 is 0 Å². The van der Waals surface area contributed by atoms with E-state index >= 15 is 0 Å². The number of nitrogens with one attached hydrogen (secondary N) is 1. The van der Waals surface area contributed by atoms with Crippen LogP contribution in [0, 0.1) is 11.8 Å². The number of piperidine rings is 1. The van der Waals surface area contributed by atoms with E-state index in [1.165, 1.54) is 32.2 Å². The Morgan fingerprint density at radius 1 is 1.24 bits per heavy atom. The molecule has 0 spiro atoms. The third-order valence-electron chi connectivity index (χ3n) is 5.46. The van der Waals surface area contributed by atoms with E-state index < -0.39 is 0 Å². The van der Waals surface area contributed by atoms with Crippen LogP contribution in [0.15, 0.2) is 4.99 Å². The number of hydrogen-bond donors (Lipinski definition) is 2. The van der Waals surface area contributed by atoms with E-state index in [1.54, 1.807) is 0 Å². The smallest absolute Gasteiger partial charge is 0.217 e. The molecule has 1 amide bonds. The van der Waals surface area contributed by atoms with Crippen LogP contribution in [0.25, 0.3) is 0 Å². The van der Waals surface area contributed by atoms with Crippen LogP contribution >= 0.6 is 24.0 Å². The van der Waals surface area contributed by atoms with Crippen molar-refractivity contribution in [3.05, 3.63) is 0 Å². The third kappa shape index (κ3) is 6.92. The number of carbonyl (C=O) groups excluding carboxylic acids is 1. The molecule has 3 fully saturated rings. The van der Waals surface area contributed by atoms with E-state index in [-0.39, 0.29) is 29.9 Å². The molecule has 0 aromatic rings. The predicted molar refractivity (Wildman–Crippen MR) is 112 cm³/mol. The molecule has 2 saturated carbocycles. The van der Waals surface area contributed by atoms with Gasteiger partial charge in [-0.25, -0.2) is 0 Å². The van der Waals surface area contributed by atoms with E-state index in [9.17, 15) is 4.79 Å². The molecule has 144 valence electrons. The van der Waals surface area contributed by atoms with Gasteiger partial charge < -0.3 is 16.0 Å². The lowest BCUT2D eigenvalue weighted by molar-refractivity contribution is -0.119. The molecule has 3 aliphatic rings. The number of guanidine groups is 1. The van der Waals surface area contributed by atoms with Crippen LogP contribution in [0.5, 0.6) is 0 Å². The maximum atomic E-state index is 11.2. The number of rotatable bonds is 8. The summed E-state index contributed by atoms with van der Waals surface area (Å²) in [6.45, 7) is 5.25. The van der Waals surface area contributed by atoms with Gasteiger partial charge in [-0.15, -0.1) is 24.0 Å². The number of carbonyl (C=O) groups is 1. The highest BCUT2D eigenvalue weighted by Gasteiger charge is 2.33. The Bertz CT molecular complexity index is 464. The summed E-state index contributed by atoms with van der Waals surface area (Å²) in [4.78, 5) is 20.6. The van der Waals surface area contributed by atoms with Crippen LogP contribution in [0.1, 0.15) is 44.9 Å². The molecule has 3 rings (SSSR count). The summed E-state index contributed by atoms with van der Waals surface area (Å²) in [5.41, 5.74) is 5.36. The molecule has 2 aliphatic carbocycles. The van der Waals surface area contributed by atoms with Crippen LogP contribution in [-0.4, -0.2) is 67.5 Å². The highest BCUT2D eigenvalue weighted by atomic mass is 127. The van der Waals surface area contributed by atoms with E-state index in [4.69, 9.17) is 5.73 Å². The zero-order valence-corrected chi connectivity index (χ0v) is 17.8. The average Bonchev–Trinajstić information content (AvgIpc) is 3.44. The maximum absolute atomic E-state index is 11.2. The second-order valence-electron chi connectivity index (χ2n) is 7.77. The first-order valence-corrected chi connectivity index (χ1v) is 9.63. The maximum Gasteiger partial charge on any atom is 0.217 e. The highest BCUT2D eigenvalue weighted by molar-refractivity contribution is 14.0. The van der Waals surface area contributed by atoms with Crippen molar-refractivity contribution in [1.82, 2.24) is 15.1 Å². The van der Waals surface area contributed by atoms with Gasteiger partial charge in [0.05, 0.1) is 0 Å². The zero-order valence-electron chi connectivity index (χ0n) is 15.5. The third-order valence-corrected chi connectivity index (χ3v) is 5.46. The zero-order chi connectivity index (χ0) is 16.9. The summed E-state index contributed by atoms with van der Waals surface area (Å²) in [5, 5.41) is 3.54. The monoisotopic (exact) mass is 463 g/mol. The van der Waals surface area contributed by atoms with Crippen molar-refractivity contribution >= 4 is 35.8 Å². The van der Waals surface area contributed by atoms with Gasteiger partial charge in [-0.2, -0.15) is 0 Å². The summed E-state index contributed by atoms with van der Waals surface area (Å²) in [6.07, 6.45) is 8.29. The van der Waals surface area contributed by atoms with Crippen LogP contribution in [0.3, 0.4) is 0 Å². The normalized spacial score (nSPS) is 24.2. The van der Waals surface area contributed by atoms with Gasteiger partial charge in [0.15, 0.2) is 5.96 Å². The fourth-order valence-electron chi connectivity index (χ4n) is 3.85. The Balaban J connectivity index is 0.00000225. The lowest BCUT2D eigenvalue weighted by Gasteiger charge is -2.35. The van der Waals surface area contributed by atoms with Crippen molar-refractivity contribution in [1.29, 1.82) is 0 Å². The van der Waals surface area contributed by atoms with E-state index in [1.807, 2.05) is 7.05 Å². The number of amides is 1. The minimum absolute atomic E-state index is 0. The molecule has 0 aromatic carbocycles. The molecule has 0 bridgehead atoms. The van der Waals surface area contributed by atoms with E-state index in [0.29, 0.717) is 12.3 Å². The second kappa shape index (κ2) is 9.94. The lowest BCUT2D eigenvalue weighted by Crippen LogP contribution is -2.48. The Labute approximate surface area is 169 Å². The summed E-state index contributed by atoms with van der Waals surface area (Å²) in [5.74, 6) is 2.12. The van der Waals surface area contributed by atoms with Gasteiger partial charge in [-0.1, -0.05) is 0 Å². The van der Waals surface area contributed by atoms with Gasteiger partial charge in [0.25, 0.3) is 0 Å². The molecule has 1 saturated heterocycles. The average molecular weight is 463 g/mol. The van der Waals surface area contributed by atoms with Gasteiger partial charge in [0.1, 0.15) is 0 Å². The Morgan fingerprint density at radius 2 is 2.00 bits per heavy atom. The summed E-state index contributed by atoms with van der Waals surface area (Å²) in [6, 6.07) is 0.837. The van der Waals surface area contributed by atoms with Crippen molar-refractivity contribution in [3.8, 4) is 0 Å². The van der Waals surface area contributed by atoms with Crippen molar-refractivity contribution in [2.24, 2.45) is 22.6 Å². The number of aliphatic imine (C=N–C) groups is 1. The van der Waals surface area contributed by atoms with Gasteiger partial charge in [0, 0.05) is 52.2 Å². The van der Waals surface area contributed by atoms with E-state index in [2.05, 4.69) is 20.1 Å². The first kappa shape index (κ1) is 20.7. The summed E-state index contributed by atoms with van der Waals surface area (Å²) >= 11 is 0. The molecular formula is C18H34IN5O. The van der Waals surface area contributed by atoms with Crippen LogP contribution < -0.4 is 11.1 Å². The molecule has 1 heterocycles. The second-order valence-corrected chi connectivity index (χ2v) is 7.77. The van der Waals surface area contributed by atoms with Gasteiger partial charge in [-0.05, 0) is 50.4 Å². The number of nitrogens with zero attached hydrogens (tertiary/aromatic N) is 3. The number of halogens is 1. The molecule has 6 nitrogen and oxygen atoms in total. The van der Waals surface area contributed by atoms with Crippen molar-refractivity contribution in [2.45, 2.75) is 51.0 Å². The molecule has 1 unspecified atom stereocenters. The van der Waals surface area contributed by atoms with Crippen molar-refractivity contribution < 1.29 is 4.79 Å². The van der Waals surface area contributed by atoms with Crippen molar-refractivity contribution in [3.63, 3.8) is 0 Å². The van der Waals surface area contributed by atoms with Gasteiger partial charge in [-0.3, -0.25) is 14.7 Å². The van der Waals surface area contributed by atoms with Crippen LogP contribution in [0.4, 0.5) is 0 Å². The molecule has 25 heavy (non-hydrogen) atoms. The molecular weight excluding hydrogens is 429 g/mol. The largest absolute Gasteiger partial charge is 0.370 e. The number of likely N-dealkylation sites (tertiary alicyclic amines) is 1. The molecule has 3 N–H and O–H groups in total. The summed E-state index contributed by atoms with van der Waals surface area (Å²) < 4.78 is 0. The SMILES string of the molecule is CN=C(NCCN(CC1CC1)C1CC1)N1CCCC(CC(N)=O)C1.I. The number of primary amides is 1. The Morgan fingerprint density at radius 3 is 2.60 bits per heavy atom. The van der Waals surface area contributed by atoms with Crippen LogP contribution in [-0.2, 0) is 4.79 Å². The highest BCUT2D eigenvalue weighted by Crippen LogP contribution is 2.34. The first-order valence-electron chi connectivity index (χ1n) is 9.63. The topological polar surface area (TPSA) is 74.0 Å². The fourth-order valence-corrected chi connectivity index (χ4v) is 3.85. The fraction of sp³-hybridized carbons (Fsp3) is 0.889. The standard InChI is InChI=1S/C18H33N5O.HI/c1-20-18(23-9-2-3-15(13-23)11-17(19)24)21-8-10-22(16-6-7-16)12-14-4-5-14;/h14-16H,2-13H2,1H3,(H2,19,24)(H,20,21);1H. The molecule has 7 heteroatoms. The summed E-state index contributed by atoms with van der Waals surface area (Å²) in [7, 11) is 1.85. The quantitative estimate of drug-likeness (QED) is 0.326. The first-order chi connectivity index (χ1) is 11.7. The van der Waals surface area contributed by atoms with Gasteiger partial charge in [0.2, 0.25) is 5.91 Å². The van der Waals surface area contributed by atoms with E-state index in [0.717, 1.165) is 56.9 Å². The molecule has 1 atom stereocenters. The number of nitrogens with two attached hydrogens (primary N) is 1. The Hall–Kier alpha value is -0.570. The lowest BCUT2D eigenvalue weighted by atomic mass is 9.95. The predicted octanol–water partition coefficient (Wildman–Crippen LogP) is 1.64. The Kier molecular flexibility index (Phi) is 8.25. The minimum atomic E-state index is -0.190. The van der Waals surface area contributed by atoms with Crippen LogP contribution in [0.2, 0.25) is 0 Å².